The molecule has 1 heterocycles. The minimum Gasteiger partial charge on any atom is -0.376 e. The number of para-hydroxylation sites is 1. The van der Waals surface area contributed by atoms with Crippen molar-refractivity contribution in [3.05, 3.63) is 76.8 Å². The Morgan fingerprint density at radius 2 is 1.83 bits per heavy atom. The van der Waals surface area contributed by atoms with Gasteiger partial charge in [0.15, 0.2) is 5.13 Å². The molecule has 24 heavy (non-hydrogen) atoms. The van der Waals surface area contributed by atoms with Crippen LogP contribution in [0.3, 0.4) is 0 Å². The van der Waals surface area contributed by atoms with Crippen LogP contribution < -0.4 is 10.6 Å². The van der Waals surface area contributed by atoms with Crippen LogP contribution in [-0.2, 0) is 11.2 Å². The maximum absolute atomic E-state index is 12.0. The largest absolute Gasteiger partial charge is 0.376 e. The zero-order valence-corrected chi connectivity index (χ0v) is 14.3. The number of anilines is 2. The highest BCUT2D eigenvalue weighted by atomic mass is 32.1. The predicted molar refractivity (Wildman–Crippen MR) is 99.7 cm³/mol. The van der Waals surface area contributed by atoms with Crippen molar-refractivity contribution in [3.63, 3.8) is 0 Å². The molecule has 122 valence electrons. The molecule has 2 N–H and O–H groups in total. The monoisotopic (exact) mass is 337 g/mol. The lowest BCUT2D eigenvalue weighted by Gasteiger charge is -2.05. The van der Waals surface area contributed by atoms with Crippen molar-refractivity contribution in [2.75, 3.05) is 17.2 Å². The van der Waals surface area contributed by atoms with Gasteiger partial charge in [0, 0.05) is 23.2 Å². The number of carbonyl (C=O) groups is 1. The molecule has 0 aliphatic carbocycles. The fourth-order valence-electron chi connectivity index (χ4n) is 2.26. The second kappa shape index (κ2) is 7.75. The number of thiazole rings is 1. The van der Waals surface area contributed by atoms with Gasteiger partial charge in [0.2, 0.25) is 5.91 Å². The number of nitrogens with zero attached hydrogens (tertiary/aromatic N) is 1. The summed E-state index contributed by atoms with van der Waals surface area (Å²) in [7, 11) is 0. The van der Waals surface area contributed by atoms with Crippen molar-refractivity contribution in [1.82, 2.24) is 4.98 Å². The SMILES string of the molecule is Cc1ccc(Cc2cnc(NC(=O)CNc3ccccc3)s2)cc1. The van der Waals surface area contributed by atoms with Crippen LogP contribution in [0.25, 0.3) is 0 Å². The van der Waals surface area contributed by atoms with Gasteiger partial charge >= 0.3 is 0 Å². The Hall–Kier alpha value is -2.66. The van der Waals surface area contributed by atoms with E-state index in [1.165, 1.54) is 22.5 Å². The van der Waals surface area contributed by atoms with Crippen LogP contribution in [-0.4, -0.2) is 17.4 Å². The molecular weight excluding hydrogens is 318 g/mol. The molecule has 0 saturated carbocycles. The molecule has 3 rings (SSSR count). The highest BCUT2D eigenvalue weighted by molar-refractivity contribution is 7.15. The molecule has 4 nitrogen and oxygen atoms in total. The van der Waals surface area contributed by atoms with E-state index in [9.17, 15) is 4.79 Å². The van der Waals surface area contributed by atoms with Gasteiger partial charge in [-0.05, 0) is 24.6 Å². The van der Waals surface area contributed by atoms with E-state index in [1.807, 2.05) is 36.5 Å². The zero-order chi connectivity index (χ0) is 16.8. The molecule has 0 radical (unpaired) electrons. The predicted octanol–water partition coefficient (Wildman–Crippen LogP) is 4.09. The van der Waals surface area contributed by atoms with E-state index in [-0.39, 0.29) is 12.5 Å². The number of carbonyl (C=O) groups excluding carboxylic acids is 1. The van der Waals surface area contributed by atoms with Gasteiger partial charge in [0.25, 0.3) is 0 Å². The first-order valence-corrected chi connectivity index (χ1v) is 8.60. The van der Waals surface area contributed by atoms with Gasteiger partial charge in [-0.3, -0.25) is 4.79 Å². The van der Waals surface area contributed by atoms with Gasteiger partial charge in [-0.25, -0.2) is 4.98 Å². The zero-order valence-electron chi connectivity index (χ0n) is 13.5. The van der Waals surface area contributed by atoms with Crippen molar-refractivity contribution < 1.29 is 4.79 Å². The summed E-state index contributed by atoms with van der Waals surface area (Å²) in [5.74, 6) is -0.102. The van der Waals surface area contributed by atoms with Crippen LogP contribution in [0.15, 0.2) is 60.8 Å². The van der Waals surface area contributed by atoms with Crippen LogP contribution in [0.5, 0.6) is 0 Å². The second-order valence-electron chi connectivity index (χ2n) is 5.56. The Bertz CT molecular complexity index is 797. The summed E-state index contributed by atoms with van der Waals surface area (Å²) < 4.78 is 0. The summed E-state index contributed by atoms with van der Waals surface area (Å²) in [5.41, 5.74) is 3.42. The van der Waals surface area contributed by atoms with Crippen molar-refractivity contribution in [1.29, 1.82) is 0 Å². The number of hydrogen-bond donors (Lipinski definition) is 2. The molecule has 0 aliphatic heterocycles. The molecule has 0 saturated heterocycles. The number of amides is 1. The Kier molecular flexibility index (Phi) is 5.23. The number of rotatable bonds is 6. The molecule has 3 aromatic rings. The smallest absolute Gasteiger partial charge is 0.245 e. The minimum absolute atomic E-state index is 0.102. The average Bonchev–Trinajstić information content (AvgIpc) is 3.03. The number of hydrogen-bond acceptors (Lipinski definition) is 4. The van der Waals surface area contributed by atoms with Gasteiger partial charge in [-0.1, -0.05) is 48.0 Å². The normalized spacial score (nSPS) is 10.4. The molecule has 0 spiro atoms. The quantitative estimate of drug-likeness (QED) is 0.712. The van der Waals surface area contributed by atoms with Gasteiger partial charge in [0.1, 0.15) is 0 Å². The molecule has 0 fully saturated rings. The maximum atomic E-state index is 12.0. The molecule has 0 atom stereocenters. The highest BCUT2D eigenvalue weighted by Gasteiger charge is 2.07. The molecule has 0 bridgehead atoms. The van der Waals surface area contributed by atoms with E-state index in [1.54, 1.807) is 0 Å². The first-order chi connectivity index (χ1) is 11.7. The Balaban J connectivity index is 1.51. The molecule has 0 aliphatic rings. The first-order valence-electron chi connectivity index (χ1n) is 7.78. The molecule has 2 aromatic carbocycles. The molecule has 1 amide bonds. The summed E-state index contributed by atoms with van der Waals surface area (Å²) in [6.07, 6.45) is 2.65. The van der Waals surface area contributed by atoms with Crippen molar-refractivity contribution >= 4 is 28.1 Å². The van der Waals surface area contributed by atoms with Crippen LogP contribution in [0.2, 0.25) is 0 Å². The molecular formula is C19H19N3OS. The van der Waals surface area contributed by atoms with Gasteiger partial charge in [-0.15, -0.1) is 11.3 Å². The molecule has 5 heteroatoms. The molecule has 1 aromatic heterocycles. The average molecular weight is 337 g/mol. The van der Waals surface area contributed by atoms with E-state index >= 15 is 0 Å². The maximum Gasteiger partial charge on any atom is 0.245 e. The number of aryl methyl sites for hydroxylation is 1. The topological polar surface area (TPSA) is 54.0 Å². The first kappa shape index (κ1) is 16.2. The van der Waals surface area contributed by atoms with Crippen LogP contribution >= 0.6 is 11.3 Å². The third-order valence-electron chi connectivity index (χ3n) is 3.53. The third-order valence-corrected chi connectivity index (χ3v) is 4.44. The fourth-order valence-corrected chi connectivity index (χ4v) is 3.12. The van der Waals surface area contributed by atoms with Gasteiger partial charge in [-0.2, -0.15) is 0 Å². The van der Waals surface area contributed by atoms with Crippen molar-refractivity contribution in [2.45, 2.75) is 13.3 Å². The van der Waals surface area contributed by atoms with Crippen LogP contribution in [0.4, 0.5) is 10.8 Å². The van der Waals surface area contributed by atoms with Crippen molar-refractivity contribution in [2.24, 2.45) is 0 Å². The lowest BCUT2D eigenvalue weighted by molar-refractivity contribution is -0.114. The fraction of sp³-hybridized carbons (Fsp3) is 0.158. The molecule has 0 unspecified atom stereocenters. The number of aromatic nitrogens is 1. The van der Waals surface area contributed by atoms with E-state index in [2.05, 4.69) is 46.8 Å². The van der Waals surface area contributed by atoms with Crippen LogP contribution in [0, 0.1) is 6.92 Å². The standard InChI is InChI=1S/C19H19N3OS/c1-14-7-9-15(10-8-14)11-17-12-21-19(24-17)22-18(23)13-20-16-5-3-2-4-6-16/h2-10,12,20H,11,13H2,1H3,(H,21,22,23). The van der Waals surface area contributed by atoms with E-state index in [0.29, 0.717) is 5.13 Å². The minimum atomic E-state index is -0.102. The summed E-state index contributed by atoms with van der Waals surface area (Å²) in [4.78, 5) is 17.4. The van der Waals surface area contributed by atoms with Crippen LogP contribution in [0.1, 0.15) is 16.0 Å². The highest BCUT2D eigenvalue weighted by Crippen LogP contribution is 2.21. The van der Waals surface area contributed by atoms with E-state index in [4.69, 9.17) is 0 Å². The summed E-state index contributed by atoms with van der Waals surface area (Å²) in [5, 5.41) is 6.55. The number of nitrogens with one attached hydrogen (secondary N) is 2. The second-order valence-corrected chi connectivity index (χ2v) is 6.68. The summed E-state index contributed by atoms with van der Waals surface area (Å²) >= 11 is 1.51. The Labute approximate surface area is 145 Å². The van der Waals surface area contributed by atoms with Gasteiger partial charge < -0.3 is 10.6 Å². The third kappa shape index (κ3) is 4.67. The summed E-state index contributed by atoms with van der Waals surface area (Å²) in [6, 6.07) is 18.1. The summed E-state index contributed by atoms with van der Waals surface area (Å²) in [6.45, 7) is 2.30. The number of benzene rings is 2. The lowest BCUT2D eigenvalue weighted by atomic mass is 10.1. The lowest BCUT2D eigenvalue weighted by Crippen LogP contribution is -2.21. The van der Waals surface area contributed by atoms with E-state index < -0.39 is 0 Å². The van der Waals surface area contributed by atoms with Gasteiger partial charge in [0.05, 0.1) is 6.54 Å². The van der Waals surface area contributed by atoms with Crippen molar-refractivity contribution in [3.8, 4) is 0 Å². The Morgan fingerprint density at radius 1 is 1.08 bits per heavy atom. The van der Waals surface area contributed by atoms with E-state index in [0.717, 1.165) is 17.0 Å². The Morgan fingerprint density at radius 3 is 2.58 bits per heavy atom.